The molecule has 4 atom stereocenters. The van der Waals surface area contributed by atoms with Gasteiger partial charge in [-0.15, -0.1) is 0 Å². The Hall–Kier alpha value is -3.47. The van der Waals surface area contributed by atoms with E-state index in [2.05, 4.69) is 20.4 Å². The smallest absolute Gasteiger partial charge is 0.229 e. The third kappa shape index (κ3) is 4.35. The van der Waals surface area contributed by atoms with Crippen LogP contribution in [0.25, 0.3) is 16.8 Å². The van der Waals surface area contributed by atoms with Gasteiger partial charge < -0.3 is 20.9 Å². The SMILES string of the molecule is CC1CC(c2ccncc2Nc2ncc3ccc(-c4c(F)cc(C5COC5)cc4F)nn23)CC(N)C1O. The lowest BCUT2D eigenvalue weighted by Crippen LogP contribution is -2.44. The Morgan fingerprint density at radius 3 is 2.57 bits per heavy atom. The second-order valence-electron chi connectivity index (χ2n) is 10.1. The molecule has 8 nitrogen and oxygen atoms in total. The highest BCUT2D eigenvalue weighted by Gasteiger charge is 2.34. The standard InChI is InChI=1S/C27H28F2N6O2/c1-14-6-16(9-22(30)26(14)36)19-4-5-31-11-24(19)33-27-32-10-18-2-3-23(34-35(18)27)25-20(28)7-15(8-21(25)29)17-12-37-13-17/h2-5,7-8,10-11,14,16-17,22,26,36H,6,9,12-13,30H2,1H3,(H,32,33). The number of aliphatic hydroxyl groups excluding tert-OH is 1. The number of fused-ring (bicyclic) bond motifs is 1. The van der Waals surface area contributed by atoms with Crippen molar-refractivity contribution < 1.29 is 18.6 Å². The van der Waals surface area contributed by atoms with Crippen molar-refractivity contribution in [1.82, 2.24) is 19.6 Å². The first-order valence-electron chi connectivity index (χ1n) is 12.5. The Balaban J connectivity index is 1.33. The number of ether oxygens (including phenoxy) is 1. The zero-order valence-electron chi connectivity index (χ0n) is 20.3. The summed E-state index contributed by atoms with van der Waals surface area (Å²) in [5.74, 6) is -0.721. The number of nitrogens with two attached hydrogens (primary N) is 1. The van der Waals surface area contributed by atoms with Crippen molar-refractivity contribution >= 4 is 17.2 Å². The molecular formula is C27H28F2N6O2. The van der Waals surface area contributed by atoms with E-state index in [1.165, 1.54) is 16.6 Å². The summed E-state index contributed by atoms with van der Waals surface area (Å²) in [5.41, 5.74) is 9.20. The molecule has 4 heterocycles. The number of benzene rings is 1. The molecule has 0 spiro atoms. The number of halogens is 2. The van der Waals surface area contributed by atoms with Crippen molar-refractivity contribution in [3.63, 3.8) is 0 Å². The van der Waals surface area contributed by atoms with Crippen LogP contribution in [-0.4, -0.2) is 50.0 Å². The minimum atomic E-state index is -0.664. The van der Waals surface area contributed by atoms with Crippen LogP contribution >= 0.6 is 0 Å². The fourth-order valence-electron chi connectivity index (χ4n) is 5.42. The third-order valence-corrected chi connectivity index (χ3v) is 7.59. The highest BCUT2D eigenvalue weighted by molar-refractivity contribution is 5.66. The molecule has 10 heteroatoms. The molecule has 1 aliphatic heterocycles. The topological polar surface area (TPSA) is 111 Å². The lowest BCUT2D eigenvalue weighted by molar-refractivity contribution is 0.00822. The summed E-state index contributed by atoms with van der Waals surface area (Å²) < 4.78 is 36.8. The third-order valence-electron chi connectivity index (χ3n) is 7.59. The summed E-state index contributed by atoms with van der Waals surface area (Å²) in [7, 11) is 0. The average Bonchev–Trinajstić information content (AvgIpc) is 3.23. The van der Waals surface area contributed by atoms with E-state index in [0.29, 0.717) is 36.7 Å². The van der Waals surface area contributed by atoms with Gasteiger partial charge in [0.2, 0.25) is 5.95 Å². The predicted octanol–water partition coefficient (Wildman–Crippen LogP) is 4.13. The number of hydrogen-bond donors (Lipinski definition) is 3. The van der Waals surface area contributed by atoms with E-state index in [4.69, 9.17) is 10.5 Å². The van der Waals surface area contributed by atoms with E-state index in [1.54, 1.807) is 30.7 Å². The molecule has 4 unspecified atom stereocenters. The van der Waals surface area contributed by atoms with Crippen LogP contribution in [0.3, 0.4) is 0 Å². The van der Waals surface area contributed by atoms with Gasteiger partial charge in [0, 0.05) is 18.2 Å². The van der Waals surface area contributed by atoms with Crippen molar-refractivity contribution in [3.8, 4) is 11.3 Å². The highest BCUT2D eigenvalue weighted by Crippen LogP contribution is 2.39. The second kappa shape index (κ2) is 9.44. The summed E-state index contributed by atoms with van der Waals surface area (Å²) in [4.78, 5) is 8.72. The van der Waals surface area contributed by atoms with E-state index in [-0.39, 0.29) is 35.1 Å². The number of rotatable bonds is 5. The molecule has 6 rings (SSSR count). The molecule has 1 aromatic carbocycles. The zero-order valence-corrected chi connectivity index (χ0v) is 20.3. The van der Waals surface area contributed by atoms with Crippen LogP contribution in [0.1, 0.15) is 42.7 Å². The molecule has 0 radical (unpaired) electrons. The van der Waals surface area contributed by atoms with Gasteiger partial charge in [0.05, 0.1) is 54.2 Å². The number of imidazole rings is 1. The Labute approximate surface area is 212 Å². The van der Waals surface area contributed by atoms with Crippen LogP contribution in [0.15, 0.2) is 48.9 Å². The zero-order chi connectivity index (χ0) is 25.7. The van der Waals surface area contributed by atoms with Gasteiger partial charge in [-0.1, -0.05) is 6.92 Å². The summed E-state index contributed by atoms with van der Waals surface area (Å²) in [6.07, 6.45) is 5.99. The summed E-state index contributed by atoms with van der Waals surface area (Å²) in [6, 6.07) is 7.66. The number of hydrogen-bond acceptors (Lipinski definition) is 7. The first-order chi connectivity index (χ1) is 17.9. The molecule has 1 aliphatic carbocycles. The molecule has 3 aromatic heterocycles. The number of aliphatic hydroxyl groups is 1. The van der Waals surface area contributed by atoms with Crippen LogP contribution in [0.5, 0.6) is 0 Å². The number of nitrogens with one attached hydrogen (secondary N) is 1. The molecule has 2 aliphatic rings. The summed E-state index contributed by atoms with van der Waals surface area (Å²) in [5, 5.41) is 18.1. The molecule has 0 bridgehead atoms. The highest BCUT2D eigenvalue weighted by atomic mass is 19.1. The number of pyridine rings is 1. The molecule has 0 amide bonds. The quantitative estimate of drug-likeness (QED) is 0.373. The van der Waals surface area contributed by atoms with Crippen LogP contribution in [0.4, 0.5) is 20.4 Å². The molecule has 4 aromatic rings. The summed E-state index contributed by atoms with van der Waals surface area (Å²) >= 11 is 0. The van der Waals surface area contributed by atoms with Crippen molar-refractivity contribution in [1.29, 1.82) is 0 Å². The first kappa shape index (κ1) is 23.9. The van der Waals surface area contributed by atoms with Crippen molar-refractivity contribution in [2.45, 2.75) is 43.7 Å². The predicted molar refractivity (Wildman–Crippen MR) is 135 cm³/mol. The number of nitrogens with zero attached hydrogens (tertiary/aromatic N) is 4. The van der Waals surface area contributed by atoms with Crippen molar-refractivity contribution in [2.75, 3.05) is 18.5 Å². The second-order valence-corrected chi connectivity index (χ2v) is 10.1. The van der Waals surface area contributed by atoms with Crippen molar-refractivity contribution in [2.24, 2.45) is 11.7 Å². The van der Waals surface area contributed by atoms with Crippen LogP contribution in [-0.2, 0) is 4.74 Å². The van der Waals surface area contributed by atoms with Gasteiger partial charge in [-0.3, -0.25) is 4.98 Å². The Morgan fingerprint density at radius 2 is 1.86 bits per heavy atom. The molecule has 1 saturated heterocycles. The van der Waals surface area contributed by atoms with Gasteiger partial charge in [-0.25, -0.2) is 13.8 Å². The van der Waals surface area contributed by atoms with Gasteiger partial charge in [0.25, 0.3) is 0 Å². The van der Waals surface area contributed by atoms with Crippen LogP contribution < -0.4 is 11.1 Å². The minimum absolute atomic E-state index is 0.0107. The van der Waals surface area contributed by atoms with E-state index in [9.17, 15) is 5.11 Å². The Kier molecular flexibility index (Phi) is 6.10. The lowest BCUT2D eigenvalue weighted by atomic mass is 9.74. The van der Waals surface area contributed by atoms with Crippen molar-refractivity contribution in [3.05, 3.63) is 71.7 Å². The molecule has 1 saturated carbocycles. The van der Waals surface area contributed by atoms with Gasteiger partial charge in [0.15, 0.2) is 0 Å². The first-order valence-corrected chi connectivity index (χ1v) is 12.5. The Morgan fingerprint density at radius 1 is 1.08 bits per heavy atom. The molecule has 192 valence electrons. The maximum absolute atomic E-state index is 15.0. The van der Waals surface area contributed by atoms with Crippen LogP contribution in [0.2, 0.25) is 0 Å². The number of anilines is 2. The van der Waals surface area contributed by atoms with Gasteiger partial charge in [-0.05, 0) is 66.1 Å². The largest absolute Gasteiger partial charge is 0.391 e. The Bertz CT molecular complexity index is 1420. The monoisotopic (exact) mass is 506 g/mol. The van der Waals surface area contributed by atoms with Gasteiger partial charge >= 0.3 is 0 Å². The lowest BCUT2D eigenvalue weighted by Gasteiger charge is -2.36. The van der Waals surface area contributed by atoms with E-state index < -0.39 is 17.7 Å². The normalized spacial score (nSPS) is 24.2. The molecule has 4 N–H and O–H groups in total. The van der Waals surface area contributed by atoms with E-state index in [1.807, 2.05) is 13.0 Å². The molecular weight excluding hydrogens is 478 g/mol. The fourth-order valence-corrected chi connectivity index (χ4v) is 5.42. The fraction of sp³-hybridized carbons (Fsp3) is 0.370. The summed E-state index contributed by atoms with van der Waals surface area (Å²) in [6.45, 7) is 2.94. The van der Waals surface area contributed by atoms with E-state index >= 15 is 8.78 Å². The average molecular weight is 507 g/mol. The maximum Gasteiger partial charge on any atom is 0.229 e. The van der Waals surface area contributed by atoms with Crippen LogP contribution in [0, 0.1) is 17.6 Å². The van der Waals surface area contributed by atoms with E-state index in [0.717, 1.165) is 17.7 Å². The van der Waals surface area contributed by atoms with Gasteiger partial charge in [0.1, 0.15) is 11.6 Å². The number of aromatic nitrogens is 4. The minimum Gasteiger partial charge on any atom is -0.391 e. The van der Waals surface area contributed by atoms with Gasteiger partial charge in [-0.2, -0.15) is 9.61 Å². The molecule has 37 heavy (non-hydrogen) atoms. The molecule has 2 fully saturated rings. The maximum atomic E-state index is 15.0.